The van der Waals surface area contributed by atoms with E-state index in [0.29, 0.717) is 0 Å². The van der Waals surface area contributed by atoms with Crippen LogP contribution in [0.4, 0.5) is 0 Å². The molecule has 0 saturated carbocycles. The van der Waals surface area contributed by atoms with Crippen molar-refractivity contribution in [3.05, 3.63) is 65.0 Å². The molecule has 0 aliphatic carbocycles. The minimum atomic E-state index is 0.814. The highest BCUT2D eigenvalue weighted by atomic mass is 16.5. The van der Waals surface area contributed by atoms with Crippen LogP contribution in [0.2, 0.25) is 0 Å². The topological polar surface area (TPSA) is 47.3 Å². The number of ether oxygens (including phenoxy) is 1. The van der Waals surface area contributed by atoms with Crippen LogP contribution in [-0.2, 0) is 12.8 Å². The minimum Gasteiger partial charge on any atom is -0.496 e. The number of unbranched alkanes of at least 4 members (excludes halogenated alkanes) is 2. The summed E-state index contributed by atoms with van der Waals surface area (Å²) in [4.78, 5) is 0. The largest absolute Gasteiger partial charge is 0.496 e. The number of methoxy groups -OCH3 is 1. The summed E-state index contributed by atoms with van der Waals surface area (Å²) >= 11 is 0. The molecule has 0 aliphatic heterocycles. The average molecular weight is 371 g/mol. The number of nitrogens with one attached hydrogen (secondary N) is 1. The van der Waals surface area contributed by atoms with Crippen molar-refractivity contribution in [1.29, 1.82) is 0 Å². The van der Waals surface area contributed by atoms with Gasteiger partial charge in [-0.05, 0) is 74.3 Å². The molecule has 0 amide bonds. The zero-order valence-corrected chi connectivity index (χ0v) is 17.7. The third-order valence-corrected chi connectivity index (χ3v) is 4.71. The maximum atomic E-state index is 5.80. The van der Waals surface area contributed by atoms with E-state index in [1.807, 2.05) is 13.0 Å². The van der Waals surface area contributed by atoms with Crippen LogP contribution in [0.25, 0.3) is 0 Å². The zero-order valence-electron chi connectivity index (χ0n) is 17.7. The number of benzene rings is 1. The normalized spacial score (nSPS) is 12.1. The molecule has 0 atom stereocenters. The Labute approximate surface area is 166 Å². The molecular weight excluding hydrogens is 332 g/mol. The van der Waals surface area contributed by atoms with E-state index in [2.05, 4.69) is 50.0 Å². The molecule has 0 unspecified atom stereocenters. The van der Waals surface area contributed by atoms with Crippen LogP contribution >= 0.6 is 0 Å². The van der Waals surface area contributed by atoms with E-state index in [4.69, 9.17) is 10.5 Å². The van der Waals surface area contributed by atoms with Crippen molar-refractivity contribution in [2.45, 2.75) is 65.7 Å². The van der Waals surface area contributed by atoms with Crippen molar-refractivity contribution in [2.75, 3.05) is 13.7 Å². The van der Waals surface area contributed by atoms with Gasteiger partial charge in [0.05, 0.1) is 7.11 Å². The van der Waals surface area contributed by atoms with Crippen LogP contribution < -0.4 is 15.8 Å². The first-order valence-electron chi connectivity index (χ1n) is 10.2. The summed E-state index contributed by atoms with van der Waals surface area (Å²) in [6, 6.07) is 6.58. The molecule has 1 rings (SSSR count). The number of aryl methyl sites for hydroxylation is 2. The minimum absolute atomic E-state index is 0.814. The molecule has 0 radical (unpaired) electrons. The summed E-state index contributed by atoms with van der Waals surface area (Å²) in [7, 11) is 1.76. The second-order valence-electron chi connectivity index (χ2n) is 7.07. The van der Waals surface area contributed by atoms with Crippen LogP contribution in [0.1, 0.15) is 64.0 Å². The van der Waals surface area contributed by atoms with E-state index in [-0.39, 0.29) is 0 Å². The second kappa shape index (κ2) is 13.1. The van der Waals surface area contributed by atoms with Crippen LogP contribution in [0.3, 0.4) is 0 Å². The van der Waals surface area contributed by atoms with E-state index in [0.717, 1.165) is 62.2 Å². The van der Waals surface area contributed by atoms with Crippen molar-refractivity contribution in [1.82, 2.24) is 5.32 Å². The molecule has 3 N–H and O–H groups in total. The summed E-state index contributed by atoms with van der Waals surface area (Å²) in [6.07, 6.45) is 11.7. The Hall–Kier alpha value is -2.16. The Morgan fingerprint density at radius 3 is 2.59 bits per heavy atom. The van der Waals surface area contributed by atoms with Crippen molar-refractivity contribution in [2.24, 2.45) is 5.73 Å². The van der Waals surface area contributed by atoms with Gasteiger partial charge in [-0.3, -0.25) is 0 Å². The van der Waals surface area contributed by atoms with E-state index >= 15 is 0 Å². The number of hydrogen-bond acceptors (Lipinski definition) is 3. The van der Waals surface area contributed by atoms with Gasteiger partial charge in [-0.1, -0.05) is 45.1 Å². The predicted octanol–water partition coefficient (Wildman–Crippen LogP) is 5.66. The molecular formula is C24H38N2O. The Balaban J connectivity index is 2.62. The fourth-order valence-electron chi connectivity index (χ4n) is 2.94. The van der Waals surface area contributed by atoms with Gasteiger partial charge < -0.3 is 15.8 Å². The summed E-state index contributed by atoms with van der Waals surface area (Å²) in [5.41, 5.74) is 11.5. The number of rotatable bonds is 13. The molecule has 0 bridgehead atoms. The van der Waals surface area contributed by atoms with E-state index in [1.54, 1.807) is 7.11 Å². The fraction of sp³-hybridized carbons (Fsp3) is 0.500. The third-order valence-electron chi connectivity index (χ3n) is 4.71. The lowest BCUT2D eigenvalue weighted by molar-refractivity contribution is 0.408. The van der Waals surface area contributed by atoms with E-state index < -0.39 is 0 Å². The van der Waals surface area contributed by atoms with Gasteiger partial charge in [-0.15, -0.1) is 0 Å². The Morgan fingerprint density at radius 1 is 1.19 bits per heavy atom. The molecule has 3 nitrogen and oxygen atoms in total. The lowest BCUT2D eigenvalue weighted by Gasteiger charge is -2.14. The van der Waals surface area contributed by atoms with E-state index in [1.165, 1.54) is 23.1 Å². The highest BCUT2D eigenvalue weighted by Crippen LogP contribution is 2.23. The second-order valence-corrected chi connectivity index (χ2v) is 7.07. The van der Waals surface area contributed by atoms with Crippen molar-refractivity contribution >= 4 is 0 Å². The van der Waals surface area contributed by atoms with Crippen LogP contribution in [0.15, 0.2) is 53.9 Å². The lowest BCUT2D eigenvalue weighted by Crippen LogP contribution is -2.15. The smallest absolute Gasteiger partial charge is 0.122 e. The molecule has 3 heteroatoms. The first-order valence-corrected chi connectivity index (χ1v) is 10.2. The van der Waals surface area contributed by atoms with E-state index in [9.17, 15) is 0 Å². The summed E-state index contributed by atoms with van der Waals surface area (Å²) in [5, 5.41) is 3.44. The number of hydrogen-bond donors (Lipinski definition) is 2. The maximum Gasteiger partial charge on any atom is 0.122 e. The standard InChI is InChI=1S/C24H38N2O/c1-6-8-17-26-20(4)22(15-13-19(3)25)11-9-10-12-23-16-14-21(7-2)18-24(23)27-5/h13-16,18,26H,4,6-12,17,25H2,1-3,5H3/b19-13+,22-15-. The van der Waals surface area contributed by atoms with Gasteiger partial charge in [-0.25, -0.2) is 0 Å². The molecule has 0 spiro atoms. The van der Waals surface area contributed by atoms with Gasteiger partial charge >= 0.3 is 0 Å². The Kier molecular flexibility index (Phi) is 11.1. The summed E-state index contributed by atoms with van der Waals surface area (Å²) < 4.78 is 5.57. The molecule has 0 saturated heterocycles. The zero-order chi connectivity index (χ0) is 20.1. The Morgan fingerprint density at radius 2 is 1.96 bits per heavy atom. The molecule has 0 aliphatic rings. The monoisotopic (exact) mass is 370 g/mol. The average Bonchev–Trinajstić information content (AvgIpc) is 2.67. The third kappa shape index (κ3) is 8.85. The van der Waals surface area contributed by atoms with Gasteiger partial charge in [0.2, 0.25) is 0 Å². The van der Waals surface area contributed by atoms with Crippen molar-refractivity contribution < 1.29 is 4.74 Å². The maximum absolute atomic E-state index is 5.80. The van der Waals surface area contributed by atoms with Gasteiger partial charge in [0, 0.05) is 17.9 Å². The Bertz CT molecular complexity index is 640. The van der Waals surface area contributed by atoms with Crippen molar-refractivity contribution in [3.8, 4) is 5.75 Å². The van der Waals surface area contributed by atoms with Gasteiger partial charge in [-0.2, -0.15) is 0 Å². The predicted molar refractivity (Wildman–Crippen MR) is 118 cm³/mol. The lowest BCUT2D eigenvalue weighted by atomic mass is 10.00. The highest BCUT2D eigenvalue weighted by Gasteiger charge is 2.06. The van der Waals surface area contributed by atoms with Gasteiger partial charge in [0.1, 0.15) is 5.75 Å². The molecule has 0 fully saturated rings. The molecule has 1 aromatic carbocycles. The molecule has 0 heterocycles. The van der Waals surface area contributed by atoms with Crippen LogP contribution in [0, 0.1) is 0 Å². The number of allylic oxidation sites excluding steroid dienone is 4. The quantitative estimate of drug-likeness (QED) is 0.348. The first kappa shape index (κ1) is 22.9. The summed E-state index contributed by atoms with van der Waals surface area (Å²) in [6.45, 7) is 11.5. The number of nitrogens with two attached hydrogens (primary N) is 1. The summed E-state index contributed by atoms with van der Waals surface area (Å²) in [5.74, 6) is 1.01. The van der Waals surface area contributed by atoms with Gasteiger partial charge in [0.25, 0.3) is 0 Å². The fourth-order valence-corrected chi connectivity index (χ4v) is 2.94. The molecule has 1 aromatic rings. The first-order chi connectivity index (χ1) is 13.0. The van der Waals surface area contributed by atoms with Crippen LogP contribution in [-0.4, -0.2) is 13.7 Å². The van der Waals surface area contributed by atoms with Crippen molar-refractivity contribution in [3.63, 3.8) is 0 Å². The van der Waals surface area contributed by atoms with Crippen LogP contribution in [0.5, 0.6) is 5.75 Å². The molecule has 27 heavy (non-hydrogen) atoms. The molecule has 0 aromatic heterocycles. The highest BCUT2D eigenvalue weighted by molar-refractivity contribution is 5.38. The SMILES string of the molecule is C=C(NCCCC)/C(=C\C=C(/C)N)CCCCc1ccc(CC)cc1OC. The van der Waals surface area contributed by atoms with Gasteiger partial charge in [0.15, 0.2) is 0 Å². The molecule has 150 valence electrons.